The molecule has 8 heteroatoms. The van der Waals surface area contributed by atoms with Gasteiger partial charge in [0.2, 0.25) is 11.5 Å². The van der Waals surface area contributed by atoms with Crippen LogP contribution in [-0.2, 0) is 17.9 Å². The number of carbonyl (C=O) groups excluding carboxylic acids is 1. The maximum atomic E-state index is 12.8. The monoisotopic (exact) mass is 473 g/mol. The fraction of sp³-hybridized carbons (Fsp3) is 0.370. The Morgan fingerprint density at radius 3 is 2.51 bits per heavy atom. The van der Waals surface area contributed by atoms with Gasteiger partial charge in [0.15, 0.2) is 0 Å². The number of para-hydroxylation sites is 1. The minimum atomic E-state index is -0.340. The number of furan rings is 1. The number of benzene rings is 2. The third-order valence-corrected chi connectivity index (χ3v) is 6.60. The summed E-state index contributed by atoms with van der Waals surface area (Å²) in [6.45, 7) is 6.93. The molecular weight excluding hydrogens is 442 g/mol. The van der Waals surface area contributed by atoms with Crippen LogP contribution in [0.5, 0.6) is 0 Å². The van der Waals surface area contributed by atoms with Crippen molar-refractivity contribution in [3.05, 3.63) is 76.8 Å². The van der Waals surface area contributed by atoms with Crippen molar-refractivity contribution in [1.29, 1.82) is 0 Å². The number of piperazine rings is 1. The van der Waals surface area contributed by atoms with Gasteiger partial charge in [-0.05, 0) is 37.1 Å². The Hall–Kier alpha value is -3.49. The largest absolute Gasteiger partial charge is 0.448 e. The molecule has 1 saturated heterocycles. The highest BCUT2D eigenvalue weighted by Gasteiger charge is 2.17. The summed E-state index contributed by atoms with van der Waals surface area (Å²) in [5.41, 5.74) is 2.36. The molecule has 1 aliphatic heterocycles. The SMILES string of the molecule is O=C(Cn1cnc2c(oc3ccccc32)c1=O)NCCCCN1CCN(Cc2ccccc2)CC1. The summed E-state index contributed by atoms with van der Waals surface area (Å²) < 4.78 is 6.98. The number of nitrogens with zero attached hydrogens (tertiary/aromatic N) is 4. The van der Waals surface area contributed by atoms with Gasteiger partial charge in [-0.15, -0.1) is 0 Å². The fourth-order valence-corrected chi connectivity index (χ4v) is 4.64. The minimum Gasteiger partial charge on any atom is -0.448 e. The average Bonchev–Trinajstić information content (AvgIpc) is 3.27. The highest BCUT2D eigenvalue weighted by atomic mass is 16.3. The second-order valence-electron chi connectivity index (χ2n) is 9.11. The highest BCUT2D eigenvalue weighted by Crippen LogP contribution is 2.23. The van der Waals surface area contributed by atoms with Crippen molar-refractivity contribution in [2.75, 3.05) is 39.3 Å². The normalized spacial score (nSPS) is 15.1. The first-order valence-corrected chi connectivity index (χ1v) is 12.3. The van der Waals surface area contributed by atoms with Crippen molar-refractivity contribution in [2.24, 2.45) is 0 Å². The Morgan fingerprint density at radius 2 is 1.69 bits per heavy atom. The molecule has 0 aliphatic carbocycles. The molecular formula is C27H31N5O3. The number of amides is 1. The molecule has 0 unspecified atom stereocenters. The van der Waals surface area contributed by atoms with Crippen LogP contribution in [0.25, 0.3) is 22.1 Å². The van der Waals surface area contributed by atoms with Crippen molar-refractivity contribution in [3.63, 3.8) is 0 Å². The van der Waals surface area contributed by atoms with Gasteiger partial charge in [0.05, 0.1) is 6.33 Å². The molecule has 0 atom stereocenters. The number of rotatable bonds is 9. The smallest absolute Gasteiger partial charge is 0.297 e. The van der Waals surface area contributed by atoms with Crippen molar-refractivity contribution >= 4 is 28.0 Å². The van der Waals surface area contributed by atoms with Crippen LogP contribution in [0.4, 0.5) is 0 Å². The van der Waals surface area contributed by atoms with Crippen LogP contribution >= 0.6 is 0 Å². The van der Waals surface area contributed by atoms with E-state index in [2.05, 4.69) is 50.4 Å². The predicted molar refractivity (Wildman–Crippen MR) is 136 cm³/mol. The summed E-state index contributed by atoms with van der Waals surface area (Å²) in [6, 6.07) is 18.0. The number of fused-ring (bicyclic) bond motifs is 3. The Morgan fingerprint density at radius 1 is 0.943 bits per heavy atom. The van der Waals surface area contributed by atoms with Gasteiger partial charge in [0, 0.05) is 44.7 Å². The Labute approximate surface area is 204 Å². The first-order valence-electron chi connectivity index (χ1n) is 12.3. The molecule has 5 rings (SSSR count). The number of nitrogens with one attached hydrogen (secondary N) is 1. The van der Waals surface area contributed by atoms with Gasteiger partial charge in [0.1, 0.15) is 17.6 Å². The molecule has 3 heterocycles. The standard InChI is InChI=1S/C27H31N5O3/c33-24(19-32-20-29-25-22-10-4-5-11-23(22)35-26(25)27(32)34)28-12-6-7-13-30-14-16-31(17-15-30)18-21-8-2-1-3-9-21/h1-5,8-11,20H,6-7,12-19H2,(H,28,33). The molecule has 0 radical (unpaired) electrons. The van der Waals surface area contributed by atoms with E-state index in [1.165, 1.54) is 16.5 Å². The molecule has 35 heavy (non-hydrogen) atoms. The molecule has 0 saturated carbocycles. The van der Waals surface area contributed by atoms with E-state index >= 15 is 0 Å². The zero-order valence-corrected chi connectivity index (χ0v) is 19.9. The maximum absolute atomic E-state index is 12.8. The maximum Gasteiger partial charge on any atom is 0.297 e. The lowest BCUT2D eigenvalue weighted by Gasteiger charge is -2.34. The van der Waals surface area contributed by atoms with Crippen LogP contribution in [0.1, 0.15) is 18.4 Å². The van der Waals surface area contributed by atoms with E-state index in [-0.39, 0.29) is 23.6 Å². The van der Waals surface area contributed by atoms with E-state index in [0.717, 1.165) is 57.5 Å². The molecule has 182 valence electrons. The summed E-state index contributed by atoms with van der Waals surface area (Å²) in [5.74, 6) is -0.195. The topological polar surface area (TPSA) is 83.6 Å². The van der Waals surface area contributed by atoms with Crippen LogP contribution in [0, 0.1) is 0 Å². The summed E-state index contributed by atoms with van der Waals surface area (Å²) in [4.78, 5) is 34.5. The third kappa shape index (κ3) is 5.61. The summed E-state index contributed by atoms with van der Waals surface area (Å²) in [5, 5.41) is 3.72. The van der Waals surface area contributed by atoms with Crippen molar-refractivity contribution in [1.82, 2.24) is 24.7 Å². The second kappa shape index (κ2) is 10.8. The number of hydrogen-bond donors (Lipinski definition) is 1. The molecule has 2 aromatic heterocycles. The Bertz CT molecular complexity index is 1340. The zero-order valence-electron chi connectivity index (χ0n) is 19.9. The summed E-state index contributed by atoms with van der Waals surface area (Å²) in [7, 11) is 0. The van der Waals surface area contributed by atoms with E-state index in [1.54, 1.807) is 6.07 Å². The number of hydrogen-bond acceptors (Lipinski definition) is 6. The third-order valence-electron chi connectivity index (χ3n) is 6.60. The van der Waals surface area contributed by atoms with Crippen LogP contribution in [0.3, 0.4) is 0 Å². The molecule has 0 bridgehead atoms. The van der Waals surface area contributed by atoms with Crippen LogP contribution in [0.2, 0.25) is 0 Å². The quantitative estimate of drug-likeness (QED) is 0.377. The fourth-order valence-electron chi connectivity index (χ4n) is 4.64. The lowest BCUT2D eigenvalue weighted by atomic mass is 10.2. The lowest BCUT2D eigenvalue weighted by molar-refractivity contribution is -0.121. The van der Waals surface area contributed by atoms with Crippen molar-refractivity contribution < 1.29 is 9.21 Å². The summed E-state index contributed by atoms with van der Waals surface area (Å²) >= 11 is 0. The van der Waals surface area contributed by atoms with Gasteiger partial charge < -0.3 is 14.6 Å². The molecule has 1 fully saturated rings. The lowest BCUT2D eigenvalue weighted by Crippen LogP contribution is -2.46. The minimum absolute atomic E-state index is 0.0673. The van der Waals surface area contributed by atoms with Crippen molar-refractivity contribution in [2.45, 2.75) is 25.9 Å². The first kappa shape index (κ1) is 23.3. The summed E-state index contributed by atoms with van der Waals surface area (Å²) in [6.07, 6.45) is 3.36. The molecule has 1 aliphatic rings. The molecule has 1 N–H and O–H groups in total. The van der Waals surface area contributed by atoms with E-state index in [4.69, 9.17) is 4.42 Å². The van der Waals surface area contributed by atoms with E-state index in [1.807, 2.05) is 18.2 Å². The average molecular weight is 474 g/mol. The van der Waals surface area contributed by atoms with Gasteiger partial charge in [-0.2, -0.15) is 0 Å². The van der Waals surface area contributed by atoms with Crippen LogP contribution in [0.15, 0.2) is 70.1 Å². The van der Waals surface area contributed by atoms with Gasteiger partial charge in [-0.25, -0.2) is 4.98 Å². The van der Waals surface area contributed by atoms with E-state index in [9.17, 15) is 9.59 Å². The van der Waals surface area contributed by atoms with Crippen LogP contribution in [-0.4, -0.2) is 64.5 Å². The zero-order chi connectivity index (χ0) is 24.0. The predicted octanol–water partition coefficient (Wildman–Crippen LogP) is 2.86. The number of unbranched alkanes of at least 4 members (excludes halogenated alkanes) is 1. The molecule has 4 aromatic rings. The second-order valence-corrected chi connectivity index (χ2v) is 9.11. The van der Waals surface area contributed by atoms with Crippen LogP contribution < -0.4 is 10.9 Å². The Kier molecular flexibility index (Phi) is 7.20. The first-order chi connectivity index (χ1) is 17.2. The van der Waals surface area contributed by atoms with E-state index < -0.39 is 0 Å². The Balaban J connectivity index is 1.02. The van der Waals surface area contributed by atoms with Gasteiger partial charge in [0.25, 0.3) is 5.56 Å². The highest BCUT2D eigenvalue weighted by molar-refractivity contribution is 6.01. The molecule has 0 spiro atoms. The van der Waals surface area contributed by atoms with Crippen molar-refractivity contribution in [3.8, 4) is 0 Å². The number of carbonyl (C=O) groups is 1. The molecule has 2 aromatic carbocycles. The van der Waals surface area contributed by atoms with Gasteiger partial charge in [-0.1, -0.05) is 42.5 Å². The number of aromatic nitrogens is 2. The van der Waals surface area contributed by atoms with Gasteiger partial charge >= 0.3 is 0 Å². The molecule has 8 nitrogen and oxygen atoms in total. The molecule has 1 amide bonds. The van der Waals surface area contributed by atoms with Gasteiger partial charge in [-0.3, -0.25) is 19.1 Å². The van der Waals surface area contributed by atoms with E-state index in [0.29, 0.717) is 17.6 Å².